The summed E-state index contributed by atoms with van der Waals surface area (Å²) in [6.45, 7) is 3.03. The first-order chi connectivity index (χ1) is 9.50. The van der Waals surface area contributed by atoms with Gasteiger partial charge in [0.15, 0.2) is 0 Å². The van der Waals surface area contributed by atoms with E-state index in [0.29, 0.717) is 11.6 Å². The SMILES string of the molecule is CC(N)C1CCCCN1c1ccc(C(=O)N(C)C)cn1. The molecule has 2 atom stereocenters. The molecule has 1 aromatic heterocycles. The van der Waals surface area contributed by atoms with Crippen molar-refractivity contribution in [2.24, 2.45) is 5.73 Å². The minimum absolute atomic E-state index is 0.0218. The van der Waals surface area contributed by atoms with Crippen LogP contribution < -0.4 is 10.6 Å². The Morgan fingerprint density at radius 1 is 1.45 bits per heavy atom. The van der Waals surface area contributed by atoms with E-state index in [0.717, 1.165) is 18.8 Å². The minimum Gasteiger partial charge on any atom is -0.352 e. The van der Waals surface area contributed by atoms with Crippen LogP contribution in [0.4, 0.5) is 5.82 Å². The maximum Gasteiger partial charge on any atom is 0.254 e. The molecule has 20 heavy (non-hydrogen) atoms. The van der Waals surface area contributed by atoms with Crippen LogP contribution in [0.15, 0.2) is 18.3 Å². The molecule has 2 N–H and O–H groups in total. The van der Waals surface area contributed by atoms with Crippen LogP contribution in [-0.2, 0) is 0 Å². The molecule has 0 aromatic carbocycles. The summed E-state index contributed by atoms with van der Waals surface area (Å²) in [5, 5.41) is 0. The highest BCUT2D eigenvalue weighted by Gasteiger charge is 2.26. The number of amides is 1. The fourth-order valence-electron chi connectivity index (χ4n) is 2.73. The number of carbonyl (C=O) groups excluding carboxylic acids is 1. The number of aromatic nitrogens is 1. The van der Waals surface area contributed by atoms with Crippen LogP contribution in [0.3, 0.4) is 0 Å². The summed E-state index contributed by atoms with van der Waals surface area (Å²) in [5.74, 6) is 0.897. The molecule has 1 amide bonds. The molecule has 2 heterocycles. The molecule has 0 aliphatic carbocycles. The van der Waals surface area contributed by atoms with E-state index in [9.17, 15) is 4.79 Å². The summed E-state index contributed by atoms with van der Waals surface area (Å²) in [6.07, 6.45) is 5.16. The predicted octanol–water partition coefficient (Wildman–Crippen LogP) is 1.49. The van der Waals surface area contributed by atoms with Gasteiger partial charge in [0.05, 0.1) is 5.56 Å². The van der Waals surface area contributed by atoms with E-state index in [1.165, 1.54) is 12.8 Å². The lowest BCUT2D eigenvalue weighted by molar-refractivity contribution is 0.0827. The summed E-state index contributed by atoms with van der Waals surface area (Å²) in [6, 6.07) is 4.24. The normalized spacial score (nSPS) is 20.6. The molecule has 1 saturated heterocycles. The van der Waals surface area contributed by atoms with Crippen LogP contribution in [0.5, 0.6) is 0 Å². The summed E-state index contributed by atoms with van der Waals surface area (Å²) >= 11 is 0. The summed E-state index contributed by atoms with van der Waals surface area (Å²) in [7, 11) is 3.49. The van der Waals surface area contributed by atoms with Crippen LogP contribution >= 0.6 is 0 Å². The average Bonchev–Trinajstić information content (AvgIpc) is 2.46. The van der Waals surface area contributed by atoms with Crippen molar-refractivity contribution in [3.63, 3.8) is 0 Å². The Kier molecular flexibility index (Phi) is 4.60. The van der Waals surface area contributed by atoms with Crippen LogP contribution in [0.2, 0.25) is 0 Å². The van der Waals surface area contributed by atoms with E-state index in [1.807, 2.05) is 19.1 Å². The molecular weight excluding hydrogens is 252 g/mol. The minimum atomic E-state index is -0.0218. The first-order valence-electron chi connectivity index (χ1n) is 7.20. The van der Waals surface area contributed by atoms with E-state index >= 15 is 0 Å². The molecule has 1 aromatic rings. The lowest BCUT2D eigenvalue weighted by atomic mass is 9.97. The van der Waals surface area contributed by atoms with Crippen molar-refractivity contribution in [3.05, 3.63) is 23.9 Å². The fourth-order valence-corrected chi connectivity index (χ4v) is 2.73. The largest absolute Gasteiger partial charge is 0.352 e. The van der Waals surface area contributed by atoms with Crippen molar-refractivity contribution in [2.75, 3.05) is 25.5 Å². The van der Waals surface area contributed by atoms with E-state index < -0.39 is 0 Å². The molecular formula is C15H24N4O. The van der Waals surface area contributed by atoms with Gasteiger partial charge in [0.2, 0.25) is 0 Å². The molecule has 0 bridgehead atoms. The number of rotatable bonds is 3. The quantitative estimate of drug-likeness (QED) is 0.908. The Balaban J connectivity index is 2.18. The van der Waals surface area contributed by atoms with Crippen LogP contribution in [0.25, 0.3) is 0 Å². The number of hydrogen-bond acceptors (Lipinski definition) is 4. The van der Waals surface area contributed by atoms with Crippen molar-refractivity contribution < 1.29 is 4.79 Å². The van der Waals surface area contributed by atoms with E-state index in [-0.39, 0.29) is 11.9 Å². The number of nitrogens with two attached hydrogens (primary N) is 1. The molecule has 5 heteroatoms. The highest BCUT2D eigenvalue weighted by atomic mass is 16.2. The number of carbonyl (C=O) groups is 1. The summed E-state index contributed by atoms with van der Waals surface area (Å²) < 4.78 is 0. The zero-order valence-corrected chi connectivity index (χ0v) is 12.5. The Morgan fingerprint density at radius 2 is 2.20 bits per heavy atom. The van der Waals surface area contributed by atoms with Gasteiger partial charge in [0.1, 0.15) is 5.82 Å². The highest BCUT2D eigenvalue weighted by Crippen LogP contribution is 2.24. The lowest BCUT2D eigenvalue weighted by Crippen LogP contribution is -2.49. The topological polar surface area (TPSA) is 62.5 Å². The molecule has 0 saturated carbocycles. The maximum absolute atomic E-state index is 11.9. The number of pyridine rings is 1. The van der Waals surface area contributed by atoms with Crippen LogP contribution in [0, 0.1) is 0 Å². The second-order valence-corrected chi connectivity index (χ2v) is 5.72. The van der Waals surface area contributed by atoms with Gasteiger partial charge in [-0.25, -0.2) is 4.98 Å². The van der Waals surface area contributed by atoms with E-state index in [2.05, 4.69) is 9.88 Å². The standard InChI is InChI=1S/C15H24N4O/c1-11(16)13-6-4-5-9-19(13)14-8-7-12(10-17-14)15(20)18(2)3/h7-8,10-11,13H,4-6,9,16H2,1-3H3. The molecule has 1 aliphatic rings. The molecule has 0 spiro atoms. The van der Waals surface area contributed by atoms with Gasteiger partial charge in [-0.1, -0.05) is 0 Å². The Labute approximate surface area is 120 Å². The average molecular weight is 276 g/mol. The van der Waals surface area contributed by atoms with Crippen LogP contribution in [0.1, 0.15) is 36.5 Å². The molecule has 0 radical (unpaired) electrons. The van der Waals surface area contributed by atoms with Gasteiger partial charge in [-0.15, -0.1) is 0 Å². The number of nitrogens with zero attached hydrogens (tertiary/aromatic N) is 3. The van der Waals surface area contributed by atoms with Gasteiger partial charge in [0.25, 0.3) is 5.91 Å². The molecule has 1 fully saturated rings. The van der Waals surface area contributed by atoms with Crippen LogP contribution in [-0.4, -0.2) is 48.5 Å². The zero-order valence-electron chi connectivity index (χ0n) is 12.5. The van der Waals surface area contributed by atoms with Crippen molar-refractivity contribution in [1.29, 1.82) is 0 Å². The van der Waals surface area contributed by atoms with E-state index in [1.54, 1.807) is 25.2 Å². The summed E-state index contributed by atoms with van der Waals surface area (Å²) in [4.78, 5) is 20.2. The first kappa shape index (κ1) is 14.8. The molecule has 2 rings (SSSR count). The second kappa shape index (κ2) is 6.22. The van der Waals surface area contributed by atoms with Gasteiger partial charge in [-0.3, -0.25) is 4.79 Å². The van der Waals surface area contributed by atoms with Gasteiger partial charge >= 0.3 is 0 Å². The predicted molar refractivity (Wildman–Crippen MR) is 80.9 cm³/mol. The first-order valence-corrected chi connectivity index (χ1v) is 7.20. The van der Waals surface area contributed by atoms with Gasteiger partial charge < -0.3 is 15.5 Å². The molecule has 5 nitrogen and oxygen atoms in total. The third-order valence-corrected chi connectivity index (χ3v) is 3.85. The molecule has 110 valence electrons. The van der Waals surface area contributed by atoms with Gasteiger partial charge in [-0.05, 0) is 38.3 Å². The molecule has 2 unspecified atom stereocenters. The van der Waals surface area contributed by atoms with Crippen molar-refractivity contribution in [1.82, 2.24) is 9.88 Å². The smallest absolute Gasteiger partial charge is 0.254 e. The number of piperidine rings is 1. The lowest BCUT2D eigenvalue weighted by Gasteiger charge is -2.39. The highest BCUT2D eigenvalue weighted by molar-refractivity contribution is 5.93. The van der Waals surface area contributed by atoms with Gasteiger partial charge in [0, 0.05) is 38.9 Å². The summed E-state index contributed by atoms with van der Waals surface area (Å²) in [5.41, 5.74) is 6.70. The number of hydrogen-bond donors (Lipinski definition) is 1. The monoisotopic (exact) mass is 276 g/mol. The fraction of sp³-hybridized carbons (Fsp3) is 0.600. The number of anilines is 1. The third kappa shape index (κ3) is 3.10. The zero-order chi connectivity index (χ0) is 14.7. The molecule has 1 aliphatic heterocycles. The van der Waals surface area contributed by atoms with Gasteiger partial charge in [-0.2, -0.15) is 0 Å². The third-order valence-electron chi connectivity index (χ3n) is 3.85. The van der Waals surface area contributed by atoms with Crippen molar-refractivity contribution in [3.8, 4) is 0 Å². The Bertz CT molecular complexity index is 455. The van der Waals surface area contributed by atoms with E-state index in [4.69, 9.17) is 5.73 Å². The van der Waals surface area contributed by atoms with Crippen molar-refractivity contribution >= 4 is 11.7 Å². The Morgan fingerprint density at radius 3 is 2.75 bits per heavy atom. The Hall–Kier alpha value is -1.62. The van der Waals surface area contributed by atoms with Crippen molar-refractivity contribution in [2.45, 2.75) is 38.3 Å². The maximum atomic E-state index is 11.9. The second-order valence-electron chi connectivity index (χ2n) is 5.72.